The van der Waals surface area contributed by atoms with Gasteiger partial charge in [-0.1, -0.05) is 37.3 Å². The van der Waals surface area contributed by atoms with Crippen molar-refractivity contribution in [2.24, 2.45) is 17.6 Å². The molecule has 0 aliphatic heterocycles. The molecule has 0 radical (unpaired) electrons. The number of hydrogen-bond acceptors (Lipinski definition) is 5. The van der Waals surface area contributed by atoms with E-state index in [-0.39, 0.29) is 35.7 Å². The molecule has 0 fully saturated rings. The number of nitrogens with two attached hydrogens (primary N) is 1. The van der Waals surface area contributed by atoms with Crippen LogP contribution in [0.1, 0.15) is 44.4 Å². The number of carbonyl (C=O) groups is 3. The molecule has 3 atom stereocenters. The monoisotopic (exact) mass is 412 g/mol. The molecule has 0 bridgehead atoms. The smallest absolute Gasteiger partial charge is 0.223 e. The Bertz CT molecular complexity index is 805. The molecule has 0 unspecified atom stereocenters. The van der Waals surface area contributed by atoms with Gasteiger partial charge >= 0.3 is 0 Å². The summed E-state index contributed by atoms with van der Waals surface area (Å²) in [7, 11) is 0. The van der Waals surface area contributed by atoms with Crippen LogP contribution in [0, 0.1) is 11.8 Å². The molecule has 0 aliphatic carbocycles. The summed E-state index contributed by atoms with van der Waals surface area (Å²) in [6.07, 6.45) is 5.43. The summed E-state index contributed by atoms with van der Waals surface area (Å²) in [6, 6.07) is 9.05. The third-order valence-corrected chi connectivity index (χ3v) is 5.30. The second-order valence-electron chi connectivity index (χ2n) is 7.84. The lowest BCUT2D eigenvalue weighted by Crippen LogP contribution is -2.45. The lowest BCUT2D eigenvalue weighted by molar-refractivity contribution is -0.131. The quantitative estimate of drug-likeness (QED) is 0.466. The summed E-state index contributed by atoms with van der Waals surface area (Å²) in [5.74, 6) is -1.02. The van der Waals surface area contributed by atoms with Gasteiger partial charge in [-0.05, 0) is 38.3 Å². The highest BCUT2D eigenvalue weighted by atomic mass is 16.2. The van der Waals surface area contributed by atoms with Crippen molar-refractivity contribution in [2.45, 2.75) is 52.0 Å². The fourth-order valence-electron chi connectivity index (χ4n) is 3.43. The average Bonchev–Trinajstić information content (AvgIpc) is 3.24. The summed E-state index contributed by atoms with van der Waals surface area (Å²) in [5.41, 5.74) is 7.38. The number of ketones is 2. The molecule has 1 aromatic heterocycles. The zero-order chi connectivity index (χ0) is 21.9. The highest BCUT2D eigenvalue weighted by Crippen LogP contribution is 2.16. The molecule has 2 aromatic rings. The molecule has 162 valence electrons. The van der Waals surface area contributed by atoms with Crippen molar-refractivity contribution in [3.63, 3.8) is 0 Å². The lowest BCUT2D eigenvalue weighted by atomic mass is 9.89. The Morgan fingerprint density at radius 3 is 2.50 bits per heavy atom. The van der Waals surface area contributed by atoms with Crippen LogP contribution in [-0.2, 0) is 27.2 Å². The normalized spacial score (nSPS) is 14.0. The predicted molar refractivity (Wildman–Crippen MR) is 116 cm³/mol. The Morgan fingerprint density at radius 2 is 1.90 bits per heavy atom. The van der Waals surface area contributed by atoms with Gasteiger partial charge in [0.25, 0.3) is 0 Å². The number of benzene rings is 1. The van der Waals surface area contributed by atoms with Gasteiger partial charge in [-0.25, -0.2) is 4.98 Å². The van der Waals surface area contributed by atoms with E-state index in [9.17, 15) is 14.4 Å². The topological polar surface area (TPSA) is 118 Å². The first kappa shape index (κ1) is 23.5. The van der Waals surface area contributed by atoms with Gasteiger partial charge < -0.3 is 16.0 Å². The standard InChI is InChI=1S/C23H32N4O3/c1-16(11-18-7-4-3-5-8-18)23(30)27-21(13-20-14-25-15-26-20)22(29)12-19(17(2)28)9-6-10-24/h3-5,7-8,14-16,19,21H,6,9-13,24H2,1-2H3,(H,25,26)(H,27,30)/t16-,19+,21-/m0/s1. The fraction of sp³-hybridized carbons (Fsp3) is 0.478. The molecule has 30 heavy (non-hydrogen) atoms. The number of rotatable bonds is 13. The SMILES string of the molecule is CC(=O)[C@H](CCCN)CC(=O)[C@H](Cc1cnc[nH]1)NC(=O)[C@@H](C)Cc1ccccc1. The van der Waals surface area contributed by atoms with Crippen LogP contribution < -0.4 is 11.1 Å². The van der Waals surface area contributed by atoms with Crippen molar-refractivity contribution in [2.75, 3.05) is 6.54 Å². The van der Waals surface area contributed by atoms with E-state index in [0.717, 1.165) is 11.3 Å². The summed E-state index contributed by atoms with van der Waals surface area (Å²) >= 11 is 0. The number of hydrogen-bond donors (Lipinski definition) is 3. The number of nitrogens with zero attached hydrogens (tertiary/aromatic N) is 1. The minimum Gasteiger partial charge on any atom is -0.348 e. The highest BCUT2D eigenvalue weighted by Gasteiger charge is 2.27. The van der Waals surface area contributed by atoms with Gasteiger partial charge in [-0.3, -0.25) is 14.4 Å². The molecule has 7 nitrogen and oxygen atoms in total. The van der Waals surface area contributed by atoms with Gasteiger partial charge in [0.05, 0.1) is 12.4 Å². The minimum atomic E-state index is -0.712. The molecule has 0 aliphatic rings. The molecule has 1 amide bonds. The van der Waals surface area contributed by atoms with Crippen molar-refractivity contribution in [3.05, 3.63) is 54.1 Å². The van der Waals surface area contributed by atoms with Crippen LogP contribution in [0.25, 0.3) is 0 Å². The molecular formula is C23H32N4O3. The molecule has 0 spiro atoms. The van der Waals surface area contributed by atoms with Crippen LogP contribution in [0.3, 0.4) is 0 Å². The molecule has 0 saturated heterocycles. The van der Waals surface area contributed by atoms with Crippen LogP contribution >= 0.6 is 0 Å². The van der Waals surface area contributed by atoms with Crippen LogP contribution in [0.2, 0.25) is 0 Å². The fourth-order valence-corrected chi connectivity index (χ4v) is 3.43. The first-order valence-electron chi connectivity index (χ1n) is 10.5. The minimum absolute atomic E-state index is 0.0270. The molecule has 2 rings (SSSR count). The van der Waals surface area contributed by atoms with Crippen LogP contribution in [-0.4, -0.2) is 40.0 Å². The number of aromatic amines is 1. The maximum Gasteiger partial charge on any atom is 0.223 e. The number of imidazole rings is 1. The van der Waals surface area contributed by atoms with Gasteiger partial charge in [-0.15, -0.1) is 0 Å². The Hall–Kier alpha value is -2.80. The number of carbonyl (C=O) groups excluding carboxylic acids is 3. The van der Waals surface area contributed by atoms with Crippen molar-refractivity contribution in [3.8, 4) is 0 Å². The Balaban J connectivity index is 2.06. The van der Waals surface area contributed by atoms with E-state index in [2.05, 4.69) is 15.3 Å². The number of H-pyrrole nitrogens is 1. The first-order valence-corrected chi connectivity index (χ1v) is 10.5. The molecular weight excluding hydrogens is 380 g/mol. The van der Waals surface area contributed by atoms with Gasteiger partial charge in [0.1, 0.15) is 5.78 Å². The number of amides is 1. The van der Waals surface area contributed by atoms with E-state index < -0.39 is 6.04 Å². The van der Waals surface area contributed by atoms with Gasteiger partial charge in [0.15, 0.2) is 5.78 Å². The zero-order valence-corrected chi connectivity index (χ0v) is 17.8. The lowest BCUT2D eigenvalue weighted by Gasteiger charge is -2.22. The largest absolute Gasteiger partial charge is 0.348 e. The summed E-state index contributed by atoms with van der Waals surface area (Å²) < 4.78 is 0. The van der Waals surface area contributed by atoms with Crippen LogP contribution in [0.5, 0.6) is 0 Å². The van der Waals surface area contributed by atoms with Crippen LogP contribution in [0.4, 0.5) is 0 Å². The average molecular weight is 413 g/mol. The van der Waals surface area contributed by atoms with Crippen molar-refractivity contribution in [1.82, 2.24) is 15.3 Å². The van der Waals surface area contributed by atoms with E-state index in [4.69, 9.17) is 5.73 Å². The Kier molecular flexibility index (Phi) is 9.41. The van der Waals surface area contributed by atoms with Gasteiger partial charge in [-0.2, -0.15) is 0 Å². The second kappa shape index (κ2) is 12.0. The third-order valence-electron chi connectivity index (χ3n) is 5.30. The van der Waals surface area contributed by atoms with E-state index in [1.807, 2.05) is 37.3 Å². The highest BCUT2D eigenvalue weighted by molar-refractivity contribution is 5.93. The maximum absolute atomic E-state index is 13.0. The van der Waals surface area contributed by atoms with E-state index in [1.165, 1.54) is 13.3 Å². The number of Topliss-reactive ketones (excluding diaryl/α,β-unsaturated/α-hetero) is 2. The van der Waals surface area contributed by atoms with Gasteiger partial charge in [0, 0.05) is 36.6 Å². The third kappa shape index (κ3) is 7.55. The van der Waals surface area contributed by atoms with E-state index >= 15 is 0 Å². The van der Waals surface area contributed by atoms with Crippen molar-refractivity contribution >= 4 is 17.5 Å². The maximum atomic E-state index is 13.0. The number of nitrogens with one attached hydrogen (secondary N) is 2. The zero-order valence-electron chi connectivity index (χ0n) is 17.8. The second-order valence-corrected chi connectivity index (χ2v) is 7.84. The molecule has 1 heterocycles. The summed E-state index contributed by atoms with van der Waals surface area (Å²) in [6.45, 7) is 3.82. The summed E-state index contributed by atoms with van der Waals surface area (Å²) in [5, 5.41) is 2.90. The molecule has 4 N–H and O–H groups in total. The van der Waals surface area contributed by atoms with Crippen LogP contribution in [0.15, 0.2) is 42.9 Å². The Morgan fingerprint density at radius 1 is 1.17 bits per heavy atom. The molecule has 7 heteroatoms. The van der Waals surface area contributed by atoms with Crippen molar-refractivity contribution < 1.29 is 14.4 Å². The summed E-state index contributed by atoms with van der Waals surface area (Å²) in [4.78, 5) is 44.8. The van der Waals surface area contributed by atoms with Gasteiger partial charge in [0.2, 0.25) is 5.91 Å². The van der Waals surface area contributed by atoms with E-state index in [0.29, 0.717) is 32.2 Å². The first-order chi connectivity index (χ1) is 14.4. The molecule has 1 aromatic carbocycles. The Labute approximate surface area is 177 Å². The predicted octanol–water partition coefficient (Wildman–Crippen LogP) is 2.22. The molecule has 0 saturated carbocycles. The number of aromatic nitrogens is 2. The van der Waals surface area contributed by atoms with E-state index in [1.54, 1.807) is 6.20 Å². The van der Waals surface area contributed by atoms with Crippen molar-refractivity contribution in [1.29, 1.82) is 0 Å².